The molecule has 0 amide bonds. The predicted molar refractivity (Wildman–Crippen MR) is 66.3 cm³/mol. The van der Waals surface area contributed by atoms with Crippen LogP contribution in [-0.4, -0.2) is 5.78 Å². The van der Waals surface area contributed by atoms with E-state index in [9.17, 15) is 4.79 Å². The first-order chi connectivity index (χ1) is 7.61. The Balaban J connectivity index is 2.37. The minimum absolute atomic E-state index is 0.310. The molecule has 0 spiro atoms. The topological polar surface area (TPSA) is 17.1 Å². The zero-order chi connectivity index (χ0) is 11.7. The van der Waals surface area contributed by atoms with Gasteiger partial charge in [0.2, 0.25) is 0 Å². The Kier molecular flexibility index (Phi) is 2.95. The SMILES string of the molecule is CC1=C(C)[C@@H](C)[C@@H](c2ccccc2)CC1=O. The molecule has 0 bridgehead atoms. The Morgan fingerprint density at radius 2 is 1.75 bits per heavy atom. The van der Waals surface area contributed by atoms with Crippen molar-refractivity contribution in [2.24, 2.45) is 5.92 Å². The highest BCUT2D eigenvalue weighted by molar-refractivity contribution is 5.97. The molecular formula is C15H18O. The summed E-state index contributed by atoms with van der Waals surface area (Å²) in [7, 11) is 0. The summed E-state index contributed by atoms with van der Waals surface area (Å²) in [6.07, 6.45) is 0.661. The second-order valence-corrected chi connectivity index (χ2v) is 4.74. The van der Waals surface area contributed by atoms with Gasteiger partial charge in [0.1, 0.15) is 0 Å². The number of hydrogen-bond acceptors (Lipinski definition) is 1. The second kappa shape index (κ2) is 4.25. The highest BCUT2D eigenvalue weighted by Gasteiger charge is 2.30. The van der Waals surface area contributed by atoms with Crippen LogP contribution in [0.3, 0.4) is 0 Å². The smallest absolute Gasteiger partial charge is 0.159 e. The fourth-order valence-electron chi connectivity index (χ4n) is 2.50. The van der Waals surface area contributed by atoms with Gasteiger partial charge in [0.15, 0.2) is 5.78 Å². The van der Waals surface area contributed by atoms with Crippen LogP contribution in [-0.2, 0) is 4.79 Å². The zero-order valence-corrected chi connectivity index (χ0v) is 10.2. The Labute approximate surface area is 97.2 Å². The molecule has 84 valence electrons. The van der Waals surface area contributed by atoms with Gasteiger partial charge in [-0.2, -0.15) is 0 Å². The van der Waals surface area contributed by atoms with Crippen molar-refractivity contribution in [2.75, 3.05) is 0 Å². The lowest BCUT2D eigenvalue weighted by Gasteiger charge is -2.30. The molecule has 0 N–H and O–H groups in total. The van der Waals surface area contributed by atoms with Crippen molar-refractivity contribution in [1.29, 1.82) is 0 Å². The largest absolute Gasteiger partial charge is 0.295 e. The fourth-order valence-corrected chi connectivity index (χ4v) is 2.50. The first-order valence-electron chi connectivity index (χ1n) is 5.86. The summed E-state index contributed by atoms with van der Waals surface area (Å²) < 4.78 is 0. The Morgan fingerprint density at radius 3 is 2.38 bits per heavy atom. The molecule has 1 heteroatoms. The highest BCUT2D eigenvalue weighted by Crippen LogP contribution is 2.38. The van der Waals surface area contributed by atoms with Gasteiger partial charge in [0.25, 0.3) is 0 Å². The number of hydrogen-bond donors (Lipinski definition) is 0. The Morgan fingerprint density at radius 1 is 1.12 bits per heavy atom. The molecule has 0 aromatic heterocycles. The van der Waals surface area contributed by atoms with Crippen molar-refractivity contribution < 1.29 is 4.79 Å². The van der Waals surface area contributed by atoms with E-state index in [1.54, 1.807) is 0 Å². The number of ketones is 1. The van der Waals surface area contributed by atoms with Crippen LogP contribution in [0, 0.1) is 5.92 Å². The monoisotopic (exact) mass is 214 g/mol. The molecule has 1 aliphatic rings. The van der Waals surface area contributed by atoms with E-state index < -0.39 is 0 Å². The Bertz CT molecular complexity index is 428. The molecule has 2 atom stereocenters. The second-order valence-electron chi connectivity index (χ2n) is 4.74. The van der Waals surface area contributed by atoms with Crippen molar-refractivity contribution >= 4 is 5.78 Å². The summed E-state index contributed by atoms with van der Waals surface area (Å²) in [5.41, 5.74) is 3.51. The third-order valence-electron chi connectivity index (χ3n) is 3.93. The first kappa shape index (κ1) is 11.1. The number of carbonyl (C=O) groups excluding carboxylic acids is 1. The summed E-state index contributed by atoms with van der Waals surface area (Å²) >= 11 is 0. The molecule has 1 aromatic carbocycles. The van der Waals surface area contributed by atoms with Crippen LogP contribution < -0.4 is 0 Å². The standard InChI is InChI=1S/C15H18O/c1-10-11(2)14(9-15(16)12(10)3)13-7-5-4-6-8-13/h4-8,11,14H,9H2,1-3H3/t11-,14+/m1/s1. The summed E-state index contributed by atoms with van der Waals surface area (Å²) in [6, 6.07) is 10.4. The minimum Gasteiger partial charge on any atom is -0.295 e. The van der Waals surface area contributed by atoms with Gasteiger partial charge in [0.05, 0.1) is 0 Å². The lowest BCUT2D eigenvalue weighted by molar-refractivity contribution is -0.116. The molecule has 0 unspecified atom stereocenters. The fraction of sp³-hybridized carbons (Fsp3) is 0.400. The lowest BCUT2D eigenvalue weighted by Crippen LogP contribution is -2.23. The molecular weight excluding hydrogens is 196 g/mol. The van der Waals surface area contributed by atoms with Gasteiger partial charge in [0, 0.05) is 6.42 Å². The number of benzene rings is 1. The zero-order valence-electron chi connectivity index (χ0n) is 10.2. The van der Waals surface area contributed by atoms with Crippen LogP contribution in [0.4, 0.5) is 0 Å². The van der Waals surface area contributed by atoms with Gasteiger partial charge in [-0.1, -0.05) is 42.8 Å². The molecule has 2 rings (SSSR count). The van der Waals surface area contributed by atoms with Crippen molar-refractivity contribution in [3.8, 4) is 0 Å². The predicted octanol–water partition coefficient (Wildman–Crippen LogP) is 3.72. The van der Waals surface area contributed by atoms with E-state index >= 15 is 0 Å². The summed E-state index contributed by atoms with van der Waals surface area (Å²) in [6.45, 7) is 6.27. The average Bonchev–Trinajstić information content (AvgIpc) is 2.32. The summed E-state index contributed by atoms with van der Waals surface area (Å²) in [5.74, 6) is 1.14. The van der Waals surface area contributed by atoms with E-state index in [0.29, 0.717) is 24.0 Å². The van der Waals surface area contributed by atoms with Gasteiger partial charge in [-0.15, -0.1) is 0 Å². The van der Waals surface area contributed by atoms with Gasteiger partial charge >= 0.3 is 0 Å². The minimum atomic E-state index is 0.310. The van der Waals surface area contributed by atoms with Crippen LogP contribution >= 0.6 is 0 Å². The van der Waals surface area contributed by atoms with Crippen LogP contribution in [0.1, 0.15) is 38.7 Å². The first-order valence-corrected chi connectivity index (χ1v) is 5.86. The van der Waals surface area contributed by atoms with Gasteiger partial charge in [-0.3, -0.25) is 4.79 Å². The molecule has 0 aliphatic heterocycles. The third-order valence-corrected chi connectivity index (χ3v) is 3.93. The molecule has 16 heavy (non-hydrogen) atoms. The van der Waals surface area contributed by atoms with Crippen molar-refractivity contribution in [3.05, 3.63) is 47.0 Å². The maximum atomic E-state index is 11.9. The number of Topliss-reactive ketones (excluding diaryl/α,β-unsaturated/α-hetero) is 1. The molecule has 1 aromatic rings. The van der Waals surface area contributed by atoms with E-state index in [2.05, 4.69) is 26.0 Å². The maximum absolute atomic E-state index is 11.9. The summed E-state index contributed by atoms with van der Waals surface area (Å²) in [5, 5.41) is 0. The maximum Gasteiger partial charge on any atom is 0.159 e. The van der Waals surface area contributed by atoms with Gasteiger partial charge < -0.3 is 0 Å². The van der Waals surface area contributed by atoms with E-state index in [1.165, 1.54) is 11.1 Å². The van der Waals surface area contributed by atoms with E-state index in [1.807, 2.05) is 25.1 Å². The molecule has 0 fully saturated rings. The van der Waals surface area contributed by atoms with E-state index in [4.69, 9.17) is 0 Å². The molecule has 0 saturated heterocycles. The van der Waals surface area contributed by atoms with Crippen molar-refractivity contribution in [3.63, 3.8) is 0 Å². The van der Waals surface area contributed by atoms with Crippen LogP contribution in [0.25, 0.3) is 0 Å². The van der Waals surface area contributed by atoms with Crippen molar-refractivity contribution in [2.45, 2.75) is 33.1 Å². The average molecular weight is 214 g/mol. The number of carbonyl (C=O) groups is 1. The van der Waals surface area contributed by atoms with Gasteiger partial charge in [-0.25, -0.2) is 0 Å². The normalized spacial score (nSPS) is 26.1. The molecule has 0 saturated carbocycles. The van der Waals surface area contributed by atoms with E-state index in [-0.39, 0.29) is 0 Å². The number of rotatable bonds is 1. The highest BCUT2D eigenvalue weighted by atomic mass is 16.1. The quantitative estimate of drug-likeness (QED) is 0.696. The molecule has 0 radical (unpaired) electrons. The molecule has 0 heterocycles. The lowest BCUT2D eigenvalue weighted by atomic mass is 9.73. The number of allylic oxidation sites excluding steroid dienone is 2. The third kappa shape index (κ3) is 1.82. The van der Waals surface area contributed by atoms with Crippen LogP contribution in [0.5, 0.6) is 0 Å². The van der Waals surface area contributed by atoms with Crippen LogP contribution in [0.2, 0.25) is 0 Å². The van der Waals surface area contributed by atoms with Gasteiger partial charge in [-0.05, 0) is 36.8 Å². The van der Waals surface area contributed by atoms with Crippen LogP contribution in [0.15, 0.2) is 41.5 Å². The molecule has 1 aliphatic carbocycles. The van der Waals surface area contributed by atoms with Crippen molar-refractivity contribution in [1.82, 2.24) is 0 Å². The molecule has 1 nitrogen and oxygen atoms in total. The Hall–Kier alpha value is -1.37. The summed E-state index contributed by atoms with van der Waals surface area (Å²) in [4.78, 5) is 11.9. The van der Waals surface area contributed by atoms with E-state index in [0.717, 1.165) is 5.57 Å².